The Kier molecular flexibility index (Phi) is 6.40. The number of hydrogen-bond acceptors (Lipinski definition) is 6. The van der Waals surface area contributed by atoms with Crippen LogP contribution in [-0.4, -0.2) is 37.8 Å². The van der Waals surface area contributed by atoms with Gasteiger partial charge in [-0.05, 0) is 76.9 Å². The summed E-state index contributed by atoms with van der Waals surface area (Å²) in [4.78, 5) is 56.9. The van der Waals surface area contributed by atoms with Crippen molar-refractivity contribution in [2.45, 2.75) is 6.42 Å². The first-order valence-corrected chi connectivity index (χ1v) is 15.0. The van der Waals surface area contributed by atoms with Gasteiger partial charge in [-0.2, -0.15) is 0 Å². The molecule has 0 bridgehead atoms. The predicted octanol–water partition coefficient (Wildman–Crippen LogP) is 7.20. The van der Waals surface area contributed by atoms with Crippen LogP contribution in [0.4, 0.5) is 11.4 Å². The van der Waals surface area contributed by atoms with Crippen LogP contribution < -0.4 is 19.3 Å². The number of ether oxygens (including phenoxy) is 2. The Hall–Kier alpha value is -6.28. The Morgan fingerprint density at radius 3 is 1.13 bits per heavy atom. The van der Waals surface area contributed by atoms with E-state index in [2.05, 4.69) is 0 Å². The zero-order valence-corrected chi connectivity index (χ0v) is 25.4. The molecule has 228 valence electrons. The van der Waals surface area contributed by atoms with E-state index in [9.17, 15) is 19.2 Å². The van der Waals surface area contributed by atoms with E-state index in [1.54, 1.807) is 48.5 Å². The highest BCUT2D eigenvalue weighted by Crippen LogP contribution is 2.40. The molecule has 2 heterocycles. The van der Waals surface area contributed by atoms with Crippen molar-refractivity contribution in [3.63, 3.8) is 0 Å². The Bertz CT molecular complexity index is 2090. The van der Waals surface area contributed by atoms with Crippen LogP contribution in [0.5, 0.6) is 11.5 Å². The molecule has 8 nitrogen and oxygen atoms in total. The van der Waals surface area contributed by atoms with Crippen molar-refractivity contribution >= 4 is 56.5 Å². The second-order valence-electron chi connectivity index (χ2n) is 11.5. The van der Waals surface area contributed by atoms with Crippen LogP contribution in [0.3, 0.4) is 0 Å². The maximum absolute atomic E-state index is 13.6. The summed E-state index contributed by atoms with van der Waals surface area (Å²) in [7, 11) is 3.00. The summed E-state index contributed by atoms with van der Waals surface area (Å²) in [6, 6.07) is 32.4. The molecule has 0 atom stereocenters. The maximum Gasteiger partial charge on any atom is 0.266 e. The normalized spacial score (nSPS) is 13.9. The number of rotatable bonds is 6. The van der Waals surface area contributed by atoms with Gasteiger partial charge < -0.3 is 9.47 Å². The maximum atomic E-state index is 13.6. The van der Waals surface area contributed by atoms with Crippen LogP contribution in [0.15, 0.2) is 109 Å². The molecule has 8 rings (SSSR count). The number of nitrogens with zero attached hydrogens (tertiary/aromatic N) is 2. The summed E-state index contributed by atoms with van der Waals surface area (Å²) in [5.74, 6) is -0.899. The molecule has 47 heavy (non-hydrogen) atoms. The quantitative estimate of drug-likeness (QED) is 0.183. The van der Waals surface area contributed by atoms with Gasteiger partial charge >= 0.3 is 0 Å². The molecule has 0 fully saturated rings. The molecular weight excluding hydrogens is 592 g/mol. The Labute approximate surface area is 269 Å². The molecule has 0 saturated heterocycles. The topological polar surface area (TPSA) is 93.2 Å². The van der Waals surface area contributed by atoms with Crippen molar-refractivity contribution in [1.29, 1.82) is 0 Å². The van der Waals surface area contributed by atoms with Crippen molar-refractivity contribution < 1.29 is 28.7 Å². The van der Waals surface area contributed by atoms with Crippen molar-refractivity contribution in [1.82, 2.24) is 0 Å². The molecule has 0 aromatic heterocycles. The predicted molar refractivity (Wildman–Crippen MR) is 179 cm³/mol. The van der Waals surface area contributed by atoms with Gasteiger partial charge in [0.1, 0.15) is 11.5 Å². The highest BCUT2D eigenvalue weighted by Gasteiger charge is 2.37. The number of carbonyl (C=O) groups excluding carboxylic acids is 4. The molecule has 4 amide bonds. The van der Waals surface area contributed by atoms with E-state index in [-0.39, 0.29) is 0 Å². The SMILES string of the molecule is COc1cc(Cc2ccc(N3C(=O)c4cccc5cccc(c45)C3=O)c(OC)c2)ccc1N1C(=O)c2cccc3cccc(c23)C1=O. The number of carbonyl (C=O) groups is 4. The van der Waals surface area contributed by atoms with Crippen LogP contribution in [0.1, 0.15) is 52.6 Å². The number of benzene rings is 6. The summed E-state index contributed by atoms with van der Waals surface area (Å²) in [6.07, 6.45) is 0.446. The van der Waals surface area contributed by atoms with E-state index in [4.69, 9.17) is 9.47 Å². The Morgan fingerprint density at radius 2 is 0.809 bits per heavy atom. The summed E-state index contributed by atoms with van der Waals surface area (Å²) in [5, 5.41) is 2.98. The fraction of sp³-hybridized carbons (Fsp3) is 0.0769. The Balaban J connectivity index is 1.11. The lowest BCUT2D eigenvalue weighted by Gasteiger charge is -2.28. The molecule has 6 aromatic carbocycles. The first-order chi connectivity index (χ1) is 22.9. The average Bonchev–Trinajstić information content (AvgIpc) is 3.10. The lowest BCUT2D eigenvalue weighted by molar-refractivity contribution is 0.0877. The minimum absolute atomic E-state index is 0.350. The van der Waals surface area contributed by atoms with E-state index in [1.807, 2.05) is 60.7 Å². The van der Waals surface area contributed by atoms with Gasteiger partial charge in [0, 0.05) is 33.0 Å². The summed E-state index contributed by atoms with van der Waals surface area (Å²) in [5.41, 5.74) is 4.25. The van der Waals surface area contributed by atoms with Crippen LogP contribution in [-0.2, 0) is 6.42 Å². The van der Waals surface area contributed by atoms with E-state index in [0.29, 0.717) is 62.3 Å². The zero-order valence-electron chi connectivity index (χ0n) is 25.4. The lowest BCUT2D eigenvalue weighted by atomic mass is 9.93. The third kappa shape index (κ3) is 4.22. The zero-order chi connectivity index (χ0) is 32.4. The highest BCUT2D eigenvalue weighted by molar-refractivity contribution is 6.37. The molecule has 0 N–H and O–H groups in total. The van der Waals surface area contributed by atoms with Gasteiger partial charge in [0.25, 0.3) is 23.6 Å². The fourth-order valence-corrected chi connectivity index (χ4v) is 6.77. The summed E-state index contributed by atoms with van der Waals surface area (Å²) in [6.45, 7) is 0. The molecular formula is C39H26N2O6. The number of amides is 4. The van der Waals surface area contributed by atoms with Crippen LogP contribution in [0.2, 0.25) is 0 Å². The molecule has 8 heteroatoms. The van der Waals surface area contributed by atoms with Gasteiger partial charge in [0.15, 0.2) is 0 Å². The molecule has 6 aromatic rings. The minimum Gasteiger partial charge on any atom is -0.495 e. The molecule has 0 aliphatic carbocycles. The third-order valence-electron chi connectivity index (χ3n) is 8.92. The third-order valence-corrected chi connectivity index (χ3v) is 8.92. The van der Waals surface area contributed by atoms with Crippen LogP contribution >= 0.6 is 0 Å². The van der Waals surface area contributed by atoms with Gasteiger partial charge in [0.2, 0.25) is 0 Å². The second-order valence-corrected chi connectivity index (χ2v) is 11.5. The Morgan fingerprint density at radius 1 is 0.468 bits per heavy atom. The molecule has 0 spiro atoms. The van der Waals surface area contributed by atoms with Crippen LogP contribution in [0.25, 0.3) is 21.5 Å². The van der Waals surface area contributed by atoms with Gasteiger partial charge in [-0.3, -0.25) is 19.2 Å². The smallest absolute Gasteiger partial charge is 0.266 e. The molecule has 0 radical (unpaired) electrons. The number of imide groups is 2. The summed E-state index contributed by atoms with van der Waals surface area (Å²) >= 11 is 0. The minimum atomic E-state index is -0.411. The fourth-order valence-electron chi connectivity index (χ4n) is 6.77. The van der Waals surface area contributed by atoms with Gasteiger partial charge in [0.05, 0.1) is 25.6 Å². The number of hydrogen-bond donors (Lipinski definition) is 0. The average molecular weight is 619 g/mol. The molecule has 0 saturated carbocycles. The largest absolute Gasteiger partial charge is 0.495 e. The standard InChI is InChI=1S/C39H26N2O6/c1-46-32-20-22(15-17-30(32)40-36(42)26-11-3-7-24-8-4-12-27(34(24)26)37(40)43)19-23-16-18-31(33(21-23)47-2)41-38(44)28-13-5-9-25-10-6-14-29(35(25)28)39(41)45/h3-18,20-21H,19H2,1-2H3. The molecule has 2 aliphatic rings. The van der Waals surface area contributed by atoms with Gasteiger partial charge in [-0.15, -0.1) is 0 Å². The first kappa shape index (κ1) is 28.2. The first-order valence-electron chi connectivity index (χ1n) is 15.0. The van der Waals surface area contributed by atoms with Crippen molar-refractivity contribution in [3.8, 4) is 11.5 Å². The monoisotopic (exact) mass is 618 g/mol. The van der Waals surface area contributed by atoms with E-state index in [0.717, 1.165) is 21.9 Å². The van der Waals surface area contributed by atoms with E-state index >= 15 is 0 Å². The van der Waals surface area contributed by atoms with Crippen LogP contribution in [0, 0.1) is 0 Å². The van der Waals surface area contributed by atoms with Crippen molar-refractivity contribution in [2.24, 2.45) is 0 Å². The molecule has 0 unspecified atom stereocenters. The second kappa shape index (κ2) is 10.7. The number of anilines is 2. The van der Waals surface area contributed by atoms with Gasteiger partial charge in [-0.25, -0.2) is 9.80 Å². The lowest BCUT2D eigenvalue weighted by Crippen LogP contribution is -2.40. The van der Waals surface area contributed by atoms with E-state index in [1.165, 1.54) is 24.0 Å². The number of methoxy groups -OCH3 is 2. The van der Waals surface area contributed by atoms with E-state index < -0.39 is 23.6 Å². The summed E-state index contributed by atoms with van der Waals surface area (Å²) < 4.78 is 11.4. The molecule has 2 aliphatic heterocycles. The highest BCUT2D eigenvalue weighted by atomic mass is 16.5. The van der Waals surface area contributed by atoms with Gasteiger partial charge in [-0.1, -0.05) is 60.7 Å². The van der Waals surface area contributed by atoms with Crippen molar-refractivity contribution in [3.05, 3.63) is 143 Å². The van der Waals surface area contributed by atoms with Crippen molar-refractivity contribution in [2.75, 3.05) is 24.0 Å².